The minimum Gasteiger partial charge on any atom is -0.454 e. The van der Waals surface area contributed by atoms with Gasteiger partial charge < -0.3 is 24.8 Å². The van der Waals surface area contributed by atoms with Crippen LogP contribution in [-0.2, 0) is 4.74 Å². The molecule has 1 aromatic carbocycles. The Bertz CT molecular complexity index is 533. The fourth-order valence-corrected chi connectivity index (χ4v) is 1.84. The molecular weight excluding hydrogens is 288 g/mol. The number of ether oxygens (including phenoxy) is 3. The number of hydrogen-bond acceptors (Lipinski definition) is 5. The molecule has 1 aliphatic rings. The molecule has 0 aliphatic carbocycles. The molecular formula is C15H20N2O5. The fraction of sp³-hybridized carbons (Fsp3) is 0.467. The molecule has 7 nitrogen and oxygen atoms in total. The first-order valence-electron chi connectivity index (χ1n) is 7.29. The predicted octanol–water partition coefficient (Wildman–Crippen LogP) is 1.67. The number of nitrogens with one attached hydrogen (secondary N) is 2. The van der Waals surface area contributed by atoms with Crippen molar-refractivity contribution in [2.75, 3.05) is 26.5 Å². The van der Waals surface area contributed by atoms with Gasteiger partial charge in [0.1, 0.15) is 0 Å². The van der Waals surface area contributed by atoms with Gasteiger partial charge in [-0.15, -0.1) is 0 Å². The first-order chi connectivity index (χ1) is 10.7. The molecule has 0 atom stereocenters. The van der Waals surface area contributed by atoms with Crippen molar-refractivity contribution in [2.45, 2.75) is 19.8 Å². The van der Waals surface area contributed by atoms with E-state index in [2.05, 4.69) is 10.6 Å². The lowest BCUT2D eigenvalue weighted by Crippen LogP contribution is -2.35. The molecule has 1 aromatic rings. The second-order valence-corrected chi connectivity index (χ2v) is 4.74. The molecule has 0 aromatic heterocycles. The number of rotatable bonds is 7. The summed E-state index contributed by atoms with van der Waals surface area (Å²) >= 11 is 0. The monoisotopic (exact) mass is 308 g/mol. The Morgan fingerprint density at radius 3 is 2.77 bits per heavy atom. The average molecular weight is 308 g/mol. The average Bonchev–Trinajstić information content (AvgIpc) is 2.99. The number of hydrogen-bond donors (Lipinski definition) is 2. The van der Waals surface area contributed by atoms with E-state index in [1.54, 1.807) is 18.2 Å². The van der Waals surface area contributed by atoms with E-state index in [4.69, 9.17) is 14.2 Å². The molecule has 7 heteroatoms. The molecule has 0 fully saturated rings. The lowest BCUT2D eigenvalue weighted by molar-refractivity contribution is 0.0951. The molecule has 0 saturated carbocycles. The van der Waals surface area contributed by atoms with Gasteiger partial charge in [0.15, 0.2) is 11.5 Å². The highest BCUT2D eigenvalue weighted by Crippen LogP contribution is 2.32. The summed E-state index contributed by atoms with van der Waals surface area (Å²) in [5.74, 6) is 0.956. The smallest absolute Gasteiger partial charge is 0.407 e. The molecule has 0 unspecified atom stereocenters. The second kappa shape index (κ2) is 8.11. The first kappa shape index (κ1) is 15.9. The topological polar surface area (TPSA) is 85.9 Å². The van der Waals surface area contributed by atoms with E-state index in [-0.39, 0.29) is 12.7 Å². The van der Waals surface area contributed by atoms with Crippen LogP contribution < -0.4 is 20.1 Å². The van der Waals surface area contributed by atoms with Crippen LogP contribution in [-0.4, -0.2) is 38.5 Å². The van der Waals surface area contributed by atoms with E-state index >= 15 is 0 Å². The third-order valence-electron chi connectivity index (χ3n) is 3.05. The Morgan fingerprint density at radius 2 is 1.95 bits per heavy atom. The van der Waals surface area contributed by atoms with Crippen LogP contribution in [0.3, 0.4) is 0 Å². The molecule has 0 saturated heterocycles. The highest BCUT2D eigenvalue weighted by Gasteiger charge is 2.15. The van der Waals surface area contributed by atoms with E-state index in [0.29, 0.717) is 36.8 Å². The SMILES string of the molecule is CCCCOC(=O)NCCNC(=O)c1ccc2c(c1)OCO2. The molecule has 2 amide bonds. The van der Waals surface area contributed by atoms with E-state index in [0.717, 1.165) is 12.8 Å². The maximum Gasteiger partial charge on any atom is 0.407 e. The number of alkyl carbamates (subject to hydrolysis) is 1. The Balaban J connectivity index is 1.66. The summed E-state index contributed by atoms with van der Waals surface area (Å²) in [5.41, 5.74) is 0.481. The van der Waals surface area contributed by atoms with Crippen molar-refractivity contribution in [3.05, 3.63) is 23.8 Å². The highest BCUT2D eigenvalue weighted by atomic mass is 16.7. The Labute approximate surface area is 128 Å². The van der Waals surface area contributed by atoms with Crippen molar-refractivity contribution in [1.29, 1.82) is 0 Å². The van der Waals surface area contributed by atoms with E-state index < -0.39 is 6.09 Å². The number of unbranched alkanes of at least 4 members (excludes halogenated alkanes) is 1. The van der Waals surface area contributed by atoms with Crippen molar-refractivity contribution in [3.8, 4) is 11.5 Å². The summed E-state index contributed by atoms with van der Waals surface area (Å²) in [6.45, 7) is 3.22. The van der Waals surface area contributed by atoms with Gasteiger partial charge in [-0.05, 0) is 24.6 Å². The Morgan fingerprint density at radius 1 is 1.18 bits per heavy atom. The van der Waals surface area contributed by atoms with Gasteiger partial charge in [0.05, 0.1) is 6.61 Å². The van der Waals surface area contributed by atoms with Crippen LogP contribution in [0.4, 0.5) is 4.79 Å². The zero-order valence-corrected chi connectivity index (χ0v) is 12.5. The third-order valence-corrected chi connectivity index (χ3v) is 3.05. The van der Waals surface area contributed by atoms with Gasteiger partial charge >= 0.3 is 6.09 Å². The van der Waals surface area contributed by atoms with Crippen LogP contribution in [0.15, 0.2) is 18.2 Å². The molecule has 1 aliphatic heterocycles. The largest absolute Gasteiger partial charge is 0.454 e. The van der Waals surface area contributed by atoms with Crippen molar-refractivity contribution in [2.24, 2.45) is 0 Å². The van der Waals surface area contributed by atoms with Crippen LogP contribution in [0.5, 0.6) is 11.5 Å². The maximum atomic E-state index is 11.9. The number of carbonyl (C=O) groups excluding carboxylic acids is 2. The molecule has 0 radical (unpaired) electrons. The van der Waals surface area contributed by atoms with Crippen molar-refractivity contribution < 1.29 is 23.8 Å². The third kappa shape index (κ3) is 4.54. The van der Waals surface area contributed by atoms with Crippen LogP contribution >= 0.6 is 0 Å². The summed E-state index contributed by atoms with van der Waals surface area (Å²) in [6.07, 6.45) is 1.35. The lowest BCUT2D eigenvalue weighted by Gasteiger charge is -2.08. The molecule has 22 heavy (non-hydrogen) atoms. The van der Waals surface area contributed by atoms with Crippen molar-refractivity contribution in [3.63, 3.8) is 0 Å². The molecule has 2 rings (SSSR count). The summed E-state index contributed by atoms with van der Waals surface area (Å²) in [5, 5.41) is 5.28. The quantitative estimate of drug-likeness (QED) is 0.748. The molecule has 0 spiro atoms. The zero-order valence-electron chi connectivity index (χ0n) is 12.5. The van der Waals surface area contributed by atoms with Crippen molar-refractivity contribution in [1.82, 2.24) is 10.6 Å². The van der Waals surface area contributed by atoms with Gasteiger partial charge in [0, 0.05) is 18.7 Å². The van der Waals surface area contributed by atoms with Gasteiger partial charge in [0.2, 0.25) is 6.79 Å². The van der Waals surface area contributed by atoms with Gasteiger partial charge in [-0.1, -0.05) is 13.3 Å². The number of fused-ring (bicyclic) bond motifs is 1. The number of amides is 2. The first-order valence-corrected chi connectivity index (χ1v) is 7.29. The fourth-order valence-electron chi connectivity index (χ4n) is 1.84. The van der Waals surface area contributed by atoms with Gasteiger partial charge in [0.25, 0.3) is 5.91 Å². The normalized spacial score (nSPS) is 11.9. The summed E-state index contributed by atoms with van der Waals surface area (Å²) < 4.78 is 15.3. The summed E-state index contributed by atoms with van der Waals surface area (Å²) in [7, 11) is 0. The van der Waals surface area contributed by atoms with Crippen LogP contribution in [0.2, 0.25) is 0 Å². The van der Waals surface area contributed by atoms with Crippen molar-refractivity contribution >= 4 is 12.0 Å². The molecule has 120 valence electrons. The van der Waals surface area contributed by atoms with E-state index in [1.165, 1.54) is 0 Å². The van der Waals surface area contributed by atoms with Crippen LogP contribution in [0, 0.1) is 0 Å². The molecule has 1 heterocycles. The van der Waals surface area contributed by atoms with Gasteiger partial charge in [-0.2, -0.15) is 0 Å². The van der Waals surface area contributed by atoms with Crippen LogP contribution in [0.1, 0.15) is 30.1 Å². The number of carbonyl (C=O) groups is 2. The standard InChI is InChI=1S/C15H20N2O5/c1-2-3-8-20-15(19)17-7-6-16-14(18)11-4-5-12-13(9-11)22-10-21-12/h4-5,9H,2-3,6-8,10H2,1H3,(H,16,18)(H,17,19). The highest BCUT2D eigenvalue weighted by molar-refractivity contribution is 5.94. The van der Waals surface area contributed by atoms with Crippen LogP contribution in [0.25, 0.3) is 0 Å². The van der Waals surface area contributed by atoms with Gasteiger partial charge in [-0.25, -0.2) is 4.79 Å². The Kier molecular flexibility index (Phi) is 5.88. The van der Waals surface area contributed by atoms with E-state index in [1.807, 2.05) is 6.92 Å². The Hall–Kier alpha value is -2.44. The van der Waals surface area contributed by atoms with E-state index in [9.17, 15) is 9.59 Å². The van der Waals surface area contributed by atoms with Gasteiger partial charge in [-0.3, -0.25) is 4.79 Å². The lowest BCUT2D eigenvalue weighted by atomic mass is 10.2. The summed E-state index contributed by atoms with van der Waals surface area (Å²) in [4.78, 5) is 23.2. The minimum absolute atomic E-state index is 0.171. The zero-order chi connectivity index (χ0) is 15.8. The second-order valence-electron chi connectivity index (χ2n) is 4.74. The number of benzene rings is 1. The molecule has 2 N–H and O–H groups in total. The summed E-state index contributed by atoms with van der Waals surface area (Å²) in [6, 6.07) is 4.99. The maximum absolute atomic E-state index is 11.9. The predicted molar refractivity (Wildman–Crippen MR) is 79.2 cm³/mol. The minimum atomic E-state index is -0.467. The molecule has 0 bridgehead atoms.